The zero-order valence-corrected chi connectivity index (χ0v) is 14.3. The maximum absolute atomic E-state index is 12.3. The number of carbonyl (C=O) groups excluding carboxylic acids is 1. The smallest absolute Gasteiger partial charge is 0.137 e. The van der Waals surface area contributed by atoms with Gasteiger partial charge in [0.2, 0.25) is 0 Å². The summed E-state index contributed by atoms with van der Waals surface area (Å²) in [4.78, 5) is 12.3. The lowest BCUT2D eigenvalue weighted by Crippen LogP contribution is -2.16. The predicted octanol–water partition coefficient (Wildman–Crippen LogP) is 5.19. The van der Waals surface area contributed by atoms with Crippen molar-refractivity contribution in [1.29, 1.82) is 0 Å². The van der Waals surface area contributed by atoms with Crippen molar-refractivity contribution in [3.8, 4) is 0 Å². The molecule has 0 saturated heterocycles. The molecule has 0 aromatic heterocycles. The molecule has 0 aliphatic heterocycles. The van der Waals surface area contributed by atoms with Gasteiger partial charge in [-0.1, -0.05) is 45.4 Å². The van der Waals surface area contributed by atoms with Crippen LogP contribution in [-0.2, 0) is 11.2 Å². The fraction of sp³-hybridized carbons (Fsp3) is 0.632. The van der Waals surface area contributed by atoms with Crippen molar-refractivity contribution >= 4 is 5.78 Å². The average molecular weight is 274 g/mol. The second kappa shape index (κ2) is 6.56. The first-order valence-electron chi connectivity index (χ1n) is 7.67. The highest BCUT2D eigenvalue weighted by Crippen LogP contribution is 2.27. The molecule has 1 heteroatoms. The van der Waals surface area contributed by atoms with Crippen molar-refractivity contribution in [1.82, 2.24) is 0 Å². The van der Waals surface area contributed by atoms with Crippen LogP contribution in [0, 0.1) is 32.1 Å². The molecule has 0 N–H and O–H groups in total. The zero-order valence-electron chi connectivity index (χ0n) is 14.3. The van der Waals surface area contributed by atoms with Gasteiger partial charge in [0.15, 0.2) is 0 Å². The largest absolute Gasteiger partial charge is 0.299 e. The van der Waals surface area contributed by atoms with Crippen LogP contribution in [0.25, 0.3) is 0 Å². The summed E-state index contributed by atoms with van der Waals surface area (Å²) in [6.45, 7) is 15.2. The molecular weight excluding hydrogens is 244 g/mol. The Morgan fingerprint density at radius 1 is 1.10 bits per heavy atom. The molecule has 0 heterocycles. The Labute approximate surface area is 124 Å². The van der Waals surface area contributed by atoms with Crippen molar-refractivity contribution in [3.05, 3.63) is 34.4 Å². The van der Waals surface area contributed by atoms with Crippen LogP contribution >= 0.6 is 0 Å². The number of benzene rings is 1. The maximum atomic E-state index is 12.3. The van der Waals surface area contributed by atoms with Crippen molar-refractivity contribution in [2.75, 3.05) is 0 Å². The molecule has 0 amide bonds. The summed E-state index contributed by atoms with van der Waals surface area (Å²) in [7, 11) is 0. The minimum Gasteiger partial charge on any atom is -0.299 e. The van der Waals surface area contributed by atoms with Gasteiger partial charge >= 0.3 is 0 Å². The maximum Gasteiger partial charge on any atom is 0.137 e. The topological polar surface area (TPSA) is 17.1 Å². The van der Waals surface area contributed by atoms with Crippen LogP contribution < -0.4 is 0 Å². The van der Waals surface area contributed by atoms with E-state index >= 15 is 0 Å². The molecule has 0 fully saturated rings. The number of hydrogen-bond acceptors (Lipinski definition) is 1. The summed E-state index contributed by atoms with van der Waals surface area (Å²) < 4.78 is 0. The van der Waals surface area contributed by atoms with Crippen LogP contribution in [0.4, 0.5) is 0 Å². The van der Waals surface area contributed by atoms with Gasteiger partial charge in [-0.3, -0.25) is 4.79 Å². The molecule has 1 atom stereocenters. The van der Waals surface area contributed by atoms with Crippen molar-refractivity contribution in [2.45, 2.75) is 67.7 Å². The first-order valence-corrected chi connectivity index (χ1v) is 7.67. The van der Waals surface area contributed by atoms with E-state index in [1.165, 1.54) is 22.3 Å². The zero-order chi connectivity index (χ0) is 15.5. The molecule has 0 radical (unpaired) electrons. The number of Topliss-reactive ketones (excluding diaryl/α,β-unsaturated/α-hetero) is 1. The second-order valence-electron chi connectivity index (χ2n) is 7.67. The molecule has 0 bridgehead atoms. The number of rotatable bonds is 5. The van der Waals surface area contributed by atoms with Gasteiger partial charge in [-0.05, 0) is 55.2 Å². The van der Waals surface area contributed by atoms with Crippen LogP contribution in [0.3, 0.4) is 0 Å². The highest BCUT2D eigenvalue weighted by Gasteiger charge is 2.18. The van der Waals surface area contributed by atoms with E-state index in [1.54, 1.807) is 0 Å². The van der Waals surface area contributed by atoms with Crippen molar-refractivity contribution in [3.63, 3.8) is 0 Å². The van der Waals surface area contributed by atoms with Gasteiger partial charge in [-0.15, -0.1) is 0 Å². The number of ketones is 1. The predicted molar refractivity (Wildman–Crippen MR) is 87.2 cm³/mol. The number of carbonyl (C=O) groups is 1. The third kappa shape index (κ3) is 5.48. The van der Waals surface area contributed by atoms with Crippen LogP contribution in [0.15, 0.2) is 12.1 Å². The quantitative estimate of drug-likeness (QED) is 0.722. The number of hydrogen-bond donors (Lipinski definition) is 0. The Bertz CT molecular complexity index is 454. The summed E-state index contributed by atoms with van der Waals surface area (Å²) in [5, 5.41) is 0. The highest BCUT2D eigenvalue weighted by molar-refractivity contribution is 5.81. The van der Waals surface area contributed by atoms with Gasteiger partial charge in [-0.2, -0.15) is 0 Å². The third-order valence-electron chi connectivity index (χ3n) is 3.75. The van der Waals surface area contributed by atoms with Gasteiger partial charge < -0.3 is 0 Å². The standard InChI is InChI=1S/C19H30O/c1-13-8-15(3)18(16(4)9-13)11-17(20)10-14(2)12-19(5,6)7/h8-9,14H,10-12H2,1-7H3. The van der Waals surface area contributed by atoms with E-state index < -0.39 is 0 Å². The Morgan fingerprint density at radius 2 is 1.60 bits per heavy atom. The van der Waals surface area contributed by atoms with Crippen LogP contribution in [0.2, 0.25) is 0 Å². The summed E-state index contributed by atoms with van der Waals surface area (Å²) in [5.41, 5.74) is 5.30. The van der Waals surface area contributed by atoms with E-state index in [0.717, 1.165) is 6.42 Å². The van der Waals surface area contributed by atoms with E-state index in [4.69, 9.17) is 0 Å². The summed E-state index contributed by atoms with van der Waals surface area (Å²) in [6, 6.07) is 4.35. The van der Waals surface area contributed by atoms with E-state index in [9.17, 15) is 4.79 Å². The lowest BCUT2D eigenvalue weighted by molar-refractivity contribution is -0.119. The Kier molecular flexibility index (Phi) is 5.56. The first-order chi connectivity index (χ1) is 9.08. The molecule has 20 heavy (non-hydrogen) atoms. The van der Waals surface area contributed by atoms with Gasteiger partial charge in [-0.25, -0.2) is 0 Å². The minimum atomic E-state index is 0.301. The lowest BCUT2D eigenvalue weighted by atomic mass is 9.82. The average Bonchev–Trinajstić information content (AvgIpc) is 2.20. The normalized spacial score (nSPS) is 13.3. The molecular formula is C19H30O. The summed E-state index contributed by atoms with van der Waals surface area (Å²) in [6.07, 6.45) is 2.39. The van der Waals surface area contributed by atoms with Crippen molar-refractivity contribution in [2.24, 2.45) is 11.3 Å². The van der Waals surface area contributed by atoms with Gasteiger partial charge in [0.1, 0.15) is 5.78 Å². The Balaban J connectivity index is 2.68. The molecule has 1 aromatic rings. The molecule has 0 aliphatic rings. The summed E-state index contributed by atoms with van der Waals surface area (Å²) in [5.74, 6) is 0.838. The molecule has 0 saturated carbocycles. The third-order valence-corrected chi connectivity index (χ3v) is 3.75. The van der Waals surface area contributed by atoms with Gasteiger partial charge in [0.05, 0.1) is 0 Å². The van der Waals surface area contributed by atoms with Crippen molar-refractivity contribution < 1.29 is 4.79 Å². The minimum absolute atomic E-state index is 0.301. The molecule has 0 aliphatic carbocycles. The molecule has 1 nitrogen and oxygen atoms in total. The molecule has 112 valence electrons. The Hall–Kier alpha value is -1.11. The van der Waals surface area contributed by atoms with E-state index in [-0.39, 0.29) is 0 Å². The molecule has 1 unspecified atom stereocenters. The molecule has 1 aromatic carbocycles. The van der Waals surface area contributed by atoms with E-state index in [2.05, 4.69) is 60.6 Å². The first kappa shape index (κ1) is 16.9. The fourth-order valence-corrected chi connectivity index (χ4v) is 3.26. The van der Waals surface area contributed by atoms with Crippen LogP contribution in [-0.4, -0.2) is 5.78 Å². The number of aryl methyl sites for hydroxylation is 3. The monoisotopic (exact) mass is 274 g/mol. The molecule has 1 rings (SSSR count). The van der Waals surface area contributed by atoms with E-state index in [0.29, 0.717) is 30.0 Å². The van der Waals surface area contributed by atoms with Crippen LogP contribution in [0.5, 0.6) is 0 Å². The summed E-state index contributed by atoms with van der Waals surface area (Å²) >= 11 is 0. The fourth-order valence-electron chi connectivity index (χ4n) is 3.26. The Morgan fingerprint density at radius 3 is 2.05 bits per heavy atom. The lowest BCUT2D eigenvalue weighted by Gasteiger charge is -2.23. The second-order valence-corrected chi connectivity index (χ2v) is 7.67. The van der Waals surface area contributed by atoms with E-state index in [1.807, 2.05) is 0 Å². The van der Waals surface area contributed by atoms with Gasteiger partial charge in [0.25, 0.3) is 0 Å². The van der Waals surface area contributed by atoms with Gasteiger partial charge in [0, 0.05) is 12.8 Å². The SMILES string of the molecule is Cc1cc(C)c(CC(=O)CC(C)CC(C)(C)C)c(C)c1. The van der Waals surface area contributed by atoms with Crippen LogP contribution in [0.1, 0.15) is 62.8 Å². The molecule has 0 spiro atoms. The highest BCUT2D eigenvalue weighted by atomic mass is 16.1.